The lowest BCUT2D eigenvalue weighted by molar-refractivity contribution is -0.117. The lowest BCUT2D eigenvalue weighted by atomic mass is 10.3. The zero-order valence-electron chi connectivity index (χ0n) is 8.69. The molecule has 3 N–H and O–H groups in total. The van der Waals surface area contributed by atoms with Crippen molar-refractivity contribution in [2.24, 2.45) is 5.73 Å². The molecule has 6 nitrogen and oxygen atoms in total. The van der Waals surface area contributed by atoms with Crippen molar-refractivity contribution in [3.8, 4) is 0 Å². The maximum absolute atomic E-state index is 11.2. The Balaban J connectivity index is 2.88. The summed E-state index contributed by atoms with van der Waals surface area (Å²) in [6, 6.07) is 0. The van der Waals surface area contributed by atoms with Gasteiger partial charge in [-0.2, -0.15) is 0 Å². The lowest BCUT2D eigenvalue weighted by Gasteiger charge is -2.09. The number of nitrogens with zero attached hydrogens (tertiary/aromatic N) is 2. The van der Waals surface area contributed by atoms with Crippen molar-refractivity contribution >= 4 is 17.7 Å². The highest BCUT2D eigenvalue weighted by Crippen LogP contribution is 2.21. The number of carbonyl (C=O) groups is 1. The molecule has 0 radical (unpaired) electrons. The first kappa shape index (κ1) is 11.8. The molecule has 0 saturated heterocycles. The number of primary amides is 1. The molecule has 0 aliphatic rings. The molecule has 0 spiro atoms. The molecule has 0 aliphatic carbocycles. The molecule has 1 rings (SSSR count). The van der Waals surface area contributed by atoms with E-state index >= 15 is 0 Å². The number of nitrogens with one attached hydrogen (secondary N) is 1. The minimum Gasteiger partial charge on any atom is -0.369 e. The predicted octanol–water partition coefficient (Wildman–Crippen LogP) is -0.0527. The summed E-state index contributed by atoms with van der Waals surface area (Å²) in [6.45, 7) is 4.22. The first-order chi connectivity index (χ1) is 7.10. The van der Waals surface area contributed by atoms with Gasteiger partial charge in [0.1, 0.15) is 0 Å². The number of hydrogen-bond acceptors (Lipinski definition) is 4. The van der Waals surface area contributed by atoms with Gasteiger partial charge in [-0.25, -0.2) is 9.89 Å². The van der Waals surface area contributed by atoms with E-state index in [2.05, 4.69) is 10.2 Å². The van der Waals surface area contributed by atoms with E-state index in [1.807, 2.05) is 13.8 Å². The molecule has 1 atom stereocenters. The van der Waals surface area contributed by atoms with Gasteiger partial charge in [0, 0.05) is 6.54 Å². The molecule has 0 fully saturated rings. The average molecular weight is 230 g/mol. The second kappa shape index (κ2) is 5.01. The summed E-state index contributed by atoms with van der Waals surface area (Å²) in [4.78, 5) is 22.2. The molecule has 1 amide bonds. The van der Waals surface area contributed by atoms with Gasteiger partial charge in [-0.3, -0.25) is 9.36 Å². The Labute approximate surface area is 91.2 Å². The molecule has 0 saturated carbocycles. The number of hydrogen-bond donors (Lipinski definition) is 2. The van der Waals surface area contributed by atoms with E-state index in [0.717, 1.165) is 0 Å². The van der Waals surface area contributed by atoms with Crippen LogP contribution in [0.5, 0.6) is 0 Å². The molecule has 0 aromatic carbocycles. The molecule has 1 aromatic rings. The highest BCUT2D eigenvalue weighted by molar-refractivity contribution is 8.00. The summed E-state index contributed by atoms with van der Waals surface area (Å²) < 4.78 is 1.47. The Hall–Kier alpha value is -1.24. The first-order valence-electron chi connectivity index (χ1n) is 4.71. The largest absolute Gasteiger partial charge is 0.369 e. The van der Waals surface area contributed by atoms with Crippen LogP contribution < -0.4 is 11.4 Å². The van der Waals surface area contributed by atoms with Gasteiger partial charge < -0.3 is 5.73 Å². The third-order valence-electron chi connectivity index (χ3n) is 1.98. The van der Waals surface area contributed by atoms with Crippen molar-refractivity contribution < 1.29 is 4.79 Å². The van der Waals surface area contributed by atoms with Crippen LogP contribution in [0.25, 0.3) is 0 Å². The van der Waals surface area contributed by atoms with Crippen LogP contribution in [0.3, 0.4) is 0 Å². The van der Waals surface area contributed by atoms with Crippen LogP contribution >= 0.6 is 11.8 Å². The Morgan fingerprint density at radius 3 is 2.80 bits per heavy atom. The maximum Gasteiger partial charge on any atom is 0.343 e. The zero-order valence-corrected chi connectivity index (χ0v) is 9.50. The fourth-order valence-corrected chi connectivity index (χ4v) is 2.12. The standard InChI is InChI=1S/C8H14N4O2S/c1-3-5(6(9)13)15-8-11-10-7(14)12(8)4-2/h5H,3-4H2,1-2H3,(H2,9,13)(H,10,14). The highest BCUT2D eigenvalue weighted by Gasteiger charge is 2.18. The van der Waals surface area contributed by atoms with Gasteiger partial charge in [-0.15, -0.1) is 5.10 Å². The van der Waals surface area contributed by atoms with Crippen molar-refractivity contribution in [2.75, 3.05) is 0 Å². The molecule has 1 unspecified atom stereocenters. The minimum absolute atomic E-state index is 0.265. The Bertz CT molecular complexity index is 398. The quantitative estimate of drug-likeness (QED) is 0.693. The van der Waals surface area contributed by atoms with E-state index in [-0.39, 0.29) is 16.8 Å². The summed E-state index contributed by atoms with van der Waals surface area (Å²) >= 11 is 1.21. The second-order valence-electron chi connectivity index (χ2n) is 2.97. The molecule has 84 valence electrons. The van der Waals surface area contributed by atoms with E-state index < -0.39 is 0 Å². The fourth-order valence-electron chi connectivity index (χ4n) is 1.14. The van der Waals surface area contributed by atoms with Crippen LogP contribution in [0, 0.1) is 0 Å². The van der Waals surface area contributed by atoms with Crippen molar-refractivity contribution in [1.29, 1.82) is 0 Å². The first-order valence-corrected chi connectivity index (χ1v) is 5.59. The molecule has 15 heavy (non-hydrogen) atoms. The van der Waals surface area contributed by atoms with E-state index in [0.29, 0.717) is 18.1 Å². The van der Waals surface area contributed by atoms with Crippen molar-refractivity contribution in [3.63, 3.8) is 0 Å². The molecular formula is C8H14N4O2S. The average Bonchev–Trinajstić information content (AvgIpc) is 2.54. The van der Waals surface area contributed by atoms with Gasteiger partial charge in [-0.1, -0.05) is 18.7 Å². The Morgan fingerprint density at radius 2 is 2.33 bits per heavy atom. The van der Waals surface area contributed by atoms with Crippen LogP contribution in [-0.2, 0) is 11.3 Å². The van der Waals surface area contributed by atoms with Gasteiger partial charge in [0.05, 0.1) is 5.25 Å². The number of amides is 1. The Morgan fingerprint density at radius 1 is 1.67 bits per heavy atom. The summed E-state index contributed by atoms with van der Waals surface area (Å²) in [5, 5.41) is 6.34. The summed E-state index contributed by atoms with van der Waals surface area (Å²) in [5.74, 6) is -0.388. The summed E-state index contributed by atoms with van der Waals surface area (Å²) in [6.07, 6.45) is 0.616. The SMILES string of the molecule is CCC(Sc1n[nH]c(=O)n1CC)C(N)=O. The number of carbonyl (C=O) groups excluding carboxylic acids is 1. The van der Waals surface area contributed by atoms with Crippen LogP contribution in [0.4, 0.5) is 0 Å². The van der Waals surface area contributed by atoms with Crippen LogP contribution in [-0.4, -0.2) is 25.9 Å². The smallest absolute Gasteiger partial charge is 0.343 e. The van der Waals surface area contributed by atoms with Crippen LogP contribution in [0.15, 0.2) is 9.95 Å². The van der Waals surface area contributed by atoms with E-state index in [4.69, 9.17) is 5.73 Å². The number of rotatable bonds is 5. The Kier molecular flexibility index (Phi) is 3.96. The molecule has 1 heterocycles. The molecular weight excluding hydrogens is 216 g/mol. The third kappa shape index (κ3) is 2.62. The summed E-state index contributed by atoms with van der Waals surface area (Å²) in [5.41, 5.74) is 4.94. The van der Waals surface area contributed by atoms with Gasteiger partial charge >= 0.3 is 5.69 Å². The number of aromatic amines is 1. The van der Waals surface area contributed by atoms with Gasteiger partial charge in [-0.05, 0) is 13.3 Å². The number of thioether (sulfide) groups is 1. The van der Waals surface area contributed by atoms with Crippen molar-refractivity contribution in [1.82, 2.24) is 14.8 Å². The minimum atomic E-state index is -0.388. The maximum atomic E-state index is 11.2. The van der Waals surface area contributed by atoms with Gasteiger partial charge in [0.25, 0.3) is 0 Å². The van der Waals surface area contributed by atoms with Crippen LogP contribution in [0.1, 0.15) is 20.3 Å². The second-order valence-corrected chi connectivity index (χ2v) is 4.14. The van der Waals surface area contributed by atoms with E-state index in [1.54, 1.807) is 0 Å². The number of nitrogens with two attached hydrogens (primary N) is 1. The molecule has 1 aromatic heterocycles. The number of aromatic nitrogens is 3. The van der Waals surface area contributed by atoms with Gasteiger partial charge in [0.15, 0.2) is 5.16 Å². The fraction of sp³-hybridized carbons (Fsp3) is 0.625. The van der Waals surface area contributed by atoms with Crippen molar-refractivity contribution in [2.45, 2.75) is 37.2 Å². The predicted molar refractivity (Wildman–Crippen MR) is 57.7 cm³/mol. The summed E-state index contributed by atoms with van der Waals surface area (Å²) in [7, 11) is 0. The van der Waals surface area contributed by atoms with E-state index in [9.17, 15) is 9.59 Å². The molecule has 0 aliphatic heterocycles. The van der Waals surface area contributed by atoms with Crippen LogP contribution in [0.2, 0.25) is 0 Å². The topological polar surface area (TPSA) is 93.8 Å². The zero-order chi connectivity index (χ0) is 11.4. The normalized spacial score (nSPS) is 12.7. The number of H-pyrrole nitrogens is 1. The van der Waals surface area contributed by atoms with Gasteiger partial charge in [0.2, 0.25) is 5.91 Å². The molecule has 0 bridgehead atoms. The molecule has 7 heteroatoms. The highest BCUT2D eigenvalue weighted by atomic mass is 32.2. The lowest BCUT2D eigenvalue weighted by Crippen LogP contribution is -2.26. The third-order valence-corrected chi connectivity index (χ3v) is 3.35. The van der Waals surface area contributed by atoms with E-state index in [1.165, 1.54) is 16.3 Å². The monoisotopic (exact) mass is 230 g/mol. The van der Waals surface area contributed by atoms with Crippen molar-refractivity contribution in [3.05, 3.63) is 10.5 Å².